The van der Waals surface area contributed by atoms with E-state index in [-0.39, 0.29) is 23.7 Å². The van der Waals surface area contributed by atoms with Gasteiger partial charge in [0.15, 0.2) is 23.0 Å². The highest BCUT2D eigenvalue weighted by atomic mass is 16.5. The van der Waals surface area contributed by atoms with Crippen molar-refractivity contribution in [1.82, 2.24) is 5.32 Å². The molecule has 0 saturated carbocycles. The zero-order valence-corrected chi connectivity index (χ0v) is 25.2. The normalized spacial score (nSPS) is 18.4. The number of nitrogens with one attached hydrogen (secondary N) is 1. The van der Waals surface area contributed by atoms with E-state index in [1.165, 1.54) is 35.4 Å². The van der Waals surface area contributed by atoms with Gasteiger partial charge in [0, 0.05) is 5.92 Å². The first-order valence-electron chi connectivity index (χ1n) is 14.6. The van der Waals surface area contributed by atoms with Gasteiger partial charge < -0.3 is 29.0 Å². The van der Waals surface area contributed by atoms with Crippen LogP contribution in [0.4, 0.5) is 4.79 Å². The number of ether oxygens (including phenoxy) is 5. The van der Waals surface area contributed by atoms with Crippen molar-refractivity contribution in [1.29, 1.82) is 0 Å². The molecule has 6 rings (SSSR count). The van der Waals surface area contributed by atoms with Gasteiger partial charge in [-0.05, 0) is 70.0 Å². The number of allylic oxidation sites excluding steroid dienone is 2. The lowest BCUT2D eigenvalue weighted by Crippen LogP contribution is -2.30. The van der Waals surface area contributed by atoms with E-state index in [0.29, 0.717) is 35.7 Å². The highest BCUT2D eigenvalue weighted by Gasteiger charge is 2.37. The van der Waals surface area contributed by atoms with Gasteiger partial charge in [0.2, 0.25) is 5.43 Å². The molecule has 3 aliphatic carbocycles. The predicted molar refractivity (Wildman–Crippen MR) is 166 cm³/mol. The van der Waals surface area contributed by atoms with Crippen molar-refractivity contribution in [2.75, 3.05) is 35.0 Å². The fourth-order valence-electron chi connectivity index (χ4n) is 6.68. The van der Waals surface area contributed by atoms with Crippen LogP contribution in [0.25, 0.3) is 11.1 Å². The Morgan fingerprint density at radius 1 is 0.818 bits per heavy atom. The Morgan fingerprint density at radius 3 is 2.16 bits per heavy atom. The Balaban J connectivity index is 1.27. The van der Waals surface area contributed by atoms with E-state index < -0.39 is 18.1 Å². The Hall–Kier alpha value is -4.98. The third kappa shape index (κ3) is 5.10. The lowest BCUT2D eigenvalue weighted by atomic mass is 9.84. The number of amides is 1. The van der Waals surface area contributed by atoms with E-state index in [0.717, 1.165) is 11.1 Å². The highest BCUT2D eigenvalue weighted by Crippen LogP contribution is 2.47. The van der Waals surface area contributed by atoms with Gasteiger partial charge in [-0.3, -0.25) is 4.79 Å². The second-order valence-electron chi connectivity index (χ2n) is 10.9. The summed E-state index contributed by atoms with van der Waals surface area (Å²) in [6.45, 7) is 0.235. The van der Waals surface area contributed by atoms with E-state index in [1.807, 2.05) is 42.5 Å². The molecule has 0 radical (unpaired) electrons. The average molecular weight is 594 g/mol. The van der Waals surface area contributed by atoms with Crippen LogP contribution in [-0.2, 0) is 18.9 Å². The summed E-state index contributed by atoms with van der Waals surface area (Å²) in [6, 6.07) is 21.2. The first-order chi connectivity index (χ1) is 21.5. The minimum absolute atomic E-state index is 0.146. The van der Waals surface area contributed by atoms with Gasteiger partial charge in [0.05, 0.1) is 47.0 Å². The number of fused-ring (bicyclic) bond motifs is 6. The molecule has 44 heavy (non-hydrogen) atoms. The third-order valence-electron chi connectivity index (χ3n) is 8.65. The van der Waals surface area contributed by atoms with Crippen molar-refractivity contribution in [3.63, 3.8) is 0 Å². The Labute approximate surface area is 256 Å². The summed E-state index contributed by atoms with van der Waals surface area (Å²) in [4.78, 5) is 26.4. The molecule has 3 aliphatic rings. The molecule has 0 heterocycles. The molecule has 3 aromatic carbocycles. The summed E-state index contributed by atoms with van der Waals surface area (Å²) < 4.78 is 28.3. The summed E-state index contributed by atoms with van der Waals surface area (Å²) in [7, 11) is 6.16. The molecular weight excluding hydrogens is 558 g/mol. The van der Waals surface area contributed by atoms with Crippen LogP contribution in [0.15, 0.2) is 107 Å². The van der Waals surface area contributed by atoms with E-state index in [1.54, 1.807) is 27.4 Å². The van der Waals surface area contributed by atoms with Gasteiger partial charge in [-0.25, -0.2) is 4.79 Å². The van der Waals surface area contributed by atoms with Crippen LogP contribution in [-0.4, -0.2) is 41.1 Å². The van der Waals surface area contributed by atoms with Crippen molar-refractivity contribution < 1.29 is 28.5 Å². The van der Waals surface area contributed by atoms with Crippen LogP contribution in [0, 0.1) is 0 Å². The van der Waals surface area contributed by atoms with Crippen LogP contribution in [0.5, 0.6) is 5.75 Å². The molecule has 2 unspecified atom stereocenters. The van der Waals surface area contributed by atoms with Crippen LogP contribution >= 0.6 is 0 Å². The van der Waals surface area contributed by atoms with Gasteiger partial charge >= 0.3 is 6.09 Å². The monoisotopic (exact) mass is 593 g/mol. The molecule has 8 heteroatoms. The number of rotatable bonds is 8. The van der Waals surface area contributed by atoms with Crippen LogP contribution in [0.2, 0.25) is 0 Å². The van der Waals surface area contributed by atoms with Crippen LogP contribution < -0.4 is 15.5 Å². The molecule has 3 aromatic rings. The van der Waals surface area contributed by atoms with Crippen molar-refractivity contribution in [3.8, 4) is 16.9 Å². The predicted octanol–water partition coefficient (Wildman–Crippen LogP) is 6.49. The molecular formula is C36H35NO7. The van der Waals surface area contributed by atoms with Crippen LogP contribution in [0.1, 0.15) is 53.0 Å². The number of methoxy groups -OCH3 is 4. The zero-order chi connectivity index (χ0) is 30.8. The Kier molecular flexibility index (Phi) is 8.15. The van der Waals surface area contributed by atoms with E-state index in [2.05, 4.69) is 29.6 Å². The smallest absolute Gasteiger partial charge is 0.407 e. The SMILES string of the molecule is COC1=CC2=CCC(NC(=O)OCCC3c4ccccc4-c4ccccc43)c3cc(=O)c(OC)ccc3C2C(OC)=C1OC. The summed E-state index contributed by atoms with van der Waals surface area (Å²) in [5.74, 6) is 1.47. The quantitative estimate of drug-likeness (QED) is 0.319. The minimum atomic E-state index is -0.553. The number of carbonyl (C=O) groups excluding carboxylic acids is 1. The molecule has 226 valence electrons. The number of hydrogen-bond acceptors (Lipinski definition) is 7. The number of alkyl carbamates (subject to hydrolysis) is 1. The van der Waals surface area contributed by atoms with Gasteiger partial charge in [0.25, 0.3) is 0 Å². The average Bonchev–Trinajstić information content (AvgIpc) is 3.16. The Bertz CT molecular complexity index is 1710. The zero-order valence-electron chi connectivity index (χ0n) is 25.2. The molecule has 0 saturated heterocycles. The first kappa shape index (κ1) is 29.1. The van der Waals surface area contributed by atoms with Crippen molar-refractivity contribution >= 4 is 6.09 Å². The molecule has 1 amide bonds. The molecule has 0 spiro atoms. The summed E-state index contributed by atoms with van der Waals surface area (Å²) in [5.41, 5.74) is 6.96. The van der Waals surface area contributed by atoms with Crippen molar-refractivity contribution in [2.24, 2.45) is 0 Å². The minimum Gasteiger partial charge on any atom is -0.496 e. The molecule has 0 fully saturated rings. The topological polar surface area (TPSA) is 92.3 Å². The molecule has 1 N–H and O–H groups in total. The molecule has 0 bridgehead atoms. The second kappa shape index (κ2) is 12.3. The van der Waals surface area contributed by atoms with Gasteiger partial charge in [-0.2, -0.15) is 0 Å². The van der Waals surface area contributed by atoms with E-state index >= 15 is 0 Å². The van der Waals surface area contributed by atoms with Gasteiger partial charge in [0.1, 0.15) is 0 Å². The summed E-state index contributed by atoms with van der Waals surface area (Å²) >= 11 is 0. The lowest BCUT2D eigenvalue weighted by molar-refractivity contribution is 0.139. The maximum absolute atomic E-state index is 13.3. The molecule has 0 aliphatic heterocycles. The largest absolute Gasteiger partial charge is 0.496 e. The third-order valence-corrected chi connectivity index (χ3v) is 8.65. The molecule has 0 aromatic heterocycles. The number of benzene rings is 2. The highest BCUT2D eigenvalue weighted by molar-refractivity contribution is 5.78. The maximum atomic E-state index is 13.3. The number of hydrogen-bond donors (Lipinski definition) is 1. The molecule has 2 atom stereocenters. The summed E-state index contributed by atoms with van der Waals surface area (Å²) in [5, 5.41) is 3.02. The fourth-order valence-corrected chi connectivity index (χ4v) is 6.68. The van der Waals surface area contributed by atoms with E-state index in [9.17, 15) is 9.59 Å². The Morgan fingerprint density at radius 2 is 1.52 bits per heavy atom. The van der Waals surface area contributed by atoms with Gasteiger partial charge in [-0.1, -0.05) is 60.7 Å². The lowest BCUT2D eigenvalue weighted by Gasteiger charge is -2.28. The van der Waals surface area contributed by atoms with E-state index in [4.69, 9.17) is 23.7 Å². The van der Waals surface area contributed by atoms with Crippen molar-refractivity contribution in [2.45, 2.75) is 30.7 Å². The van der Waals surface area contributed by atoms with Crippen molar-refractivity contribution in [3.05, 3.63) is 134 Å². The van der Waals surface area contributed by atoms with Gasteiger partial charge in [-0.15, -0.1) is 0 Å². The first-order valence-corrected chi connectivity index (χ1v) is 14.6. The fraction of sp³-hybridized carbons (Fsp3) is 0.278. The number of carbonyl (C=O) groups is 1. The molecule has 8 nitrogen and oxygen atoms in total. The maximum Gasteiger partial charge on any atom is 0.407 e. The standard InChI is InChI=1S/C36H35NO7/c1-40-31-16-14-27-28(20-30(31)38)29(15-13-21-19-32(41-2)34(42-3)35(43-4)33(21)27)37-36(39)44-18-17-26-24-11-7-5-9-22(24)23-10-6-8-12-25(23)26/h5-14,16,19-20,26,29,33H,15,17-18H2,1-4H3,(H,37,39). The van der Waals surface area contributed by atoms with Crippen LogP contribution in [0.3, 0.4) is 0 Å². The second-order valence-corrected chi connectivity index (χ2v) is 10.9. The summed E-state index contributed by atoms with van der Waals surface area (Å²) in [6.07, 6.45) is 4.43.